The van der Waals surface area contributed by atoms with Crippen LogP contribution in [0.4, 0.5) is 0 Å². The van der Waals surface area contributed by atoms with Crippen molar-refractivity contribution in [1.82, 2.24) is 0 Å². The Hall–Kier alpha value is -4.02. The molecular weight excluding hydrogens is 675 g/mol. The van der Waals surface area contributed by atoms with Gasteiger partial charge < -0.3 is 24.5 Å². The van der Waals surface area contributed by atoms with Crippen molar-refractivity contribution in [3.63, 3.8) is 0 Å². The van der Waals surface area contributed by atoms with Crippen molar-refractivity contribution in [2.45, 2.75) is 64.4 Å². The highest BCUT2D eigenvalue weighted by Crippen LogP contribution is 2.35. The van der Waals surface area contributed by atoms with E-state index in [2.05, 4.69) is 0 Å². The molecular formula is C37H36Cl2O8S. The largest absolute Gasteiger partial charge is 0.507 e. The van der Waals surface area contributed by atoms with Gasteiger partial charge in [0.2, 0.25) is 5.76 Å². The first kappa shape index (κ1) is 36.8. The van der Waals surface area contributed by atoms with Crippen LogP contribution in [0.2, 0.25) is 10.0 Å². The molecule has 0 unspecified atom stereocenters. The average Bonchev–Trinajstić information content (AvgIpc) is 3.04. The van der Waals surface area contributed by atoms with Crippen LogP contribution in [0, 0.1) is 0 Å². The molecule has 0 bridgehead atoms. The number of carboxylic acids is 1. The fraction of sp³-hybridized carbons (Fsp3) is 0.297. The van der Waals surface area contributed by atoms with Gasteiger partial charge in [-0.2, -0.15) is 0 Å². The average molecular weight is 712 g/mol. The summed E-state index contributed by atoms with van der Waals surface area (Å²) in [6.07, 6.45) is 12.5. The van der Waals surface area contributed by atoms with Gasteiger partial charge in [0.15, 0.2) is 11.2 Å². The topological polar surface area (TPSA) is 134 Å². The highest BCUT2D eigenvalue weighted by Gasteiger charge is 2.31. The number of carbonyl (C=O) groups is 2. The molecule has 1 aliphatic carbocycles. The Morgan fingerprint density at radius 3 is 2.58 bits per heavy atom. The van der Waals surface area contributed by atoms with E-state index in [1.165, 1.54) is 25.1 Å². The van der Waals surface area contributed by atoms with Crippen LogP contribution in [0.1, 0.15) is 95.6 Å². The number of halogens is 2. The van der Waals surface area contributed by atoms with E-state index >= 15 is 0 Å². The molecule has 3 aromatic rings. The minimum absolute atomic E-state index is 0.0247. The smallest absolute Gasteiger partial charge is 0.372 e. The van der Waals surface area contributed by atoms with Crippen molar-refractivity contribution in [2.24, 2.45) is 0 Å². The van der Waals surface area contributed by atoms with Gasteiger partial charge in [-0.3, -0.25) is 9.59 Å². The monoisotopic (exact) mass is 710 g/mol. The molecule has 8 nitrogen and oxygen atoms in total. The number of benzene rings is 2. The first-order valence-electron chi connectivity index (χ1n) is 15.5. The van der Waals surface area contributed by atoms with Gasteiger partial charge in [-0.15, -0.1) is 0 Å². The van der Waals surface area contributed by atoms with Crippen LogP contribution in [0.25, 0.3) is 12.2 Å². The van der Waals surface area contributed by atoms with Crippen molar-refractivity contribution in [2.75, 3.05) is 6.61 Å². The number of carboxylic acid groups (broad SMARTS) is 1. The first-order valence-corrected chi connectivity index (χ1v) is 16.7. The third-order valence-electron chi connectivity index (χ3n) is 7.87. The predicted molar refractivity (Wildman–Crippen MR) is 191 cm³/mol. The number of unbranched alkanes of at least 4 members (excludes halogenated alkanes) is 2. The van der Waals surface area contributed by atoms with Gasteiger partial charge in [0.05, 0.1) is 39.1 Å². The van der Waals surface area contributed by atoms with Crippen molar-refractivity contribution < 1.29 is 34.1 Å². The molecule has 2 atom stereocenters. The molecule has 0 radical (unpaired) electrons. The third kappa shape index (κ3) is 8.71. The van der Waals surface area contributed by atoms with Crippen LogP contribution >= 0.6 is 35.4 Å². The van der Waals surface area contributed by atoms with E-state index in [9.17, 15) is 29.7 Å². The van der Waals surface area contributed by atoms with Gasteiger partial charge in [-0.25, -0.2) is 4.79 Å². The summed E-state index contributed by atoms with van der Waals surface area (Å²) >= 11 is 17.5. The second-order valence-electron chi connectivity index (χ2n) is 11.3. The molecule has 0 amide bonds. The van der Waals surface area contributed by atoms with Gasteiger partial charge in [-0.1, -0.05) is 85.2 Å². The van der Waals surface area contributed by atoms with Crippen LogP contribution in [-0.2, 0) is 6.42 Å². The SMILES string of the molecule is CCCc1c(OCCCC/C=C\C=C\[C@@H](c2c(C(=O)O)oc3c(c2=O)=CCC(=S)C=3)[C@@H](O)c2ccc(Cl)c(Cl)c2)ccc(C(C)=O)c1O. The number of ether oxygens (including phenoxy) is 1. The molecule has 1 aliphatic rings. The Kier molecular flexibility index (Phi) is 12.9. The highest BCUT2D eigenvalue weighted by atomic mass is 35.5. The van der Waals surface area contributed by atoms with Crippen LogP contribution in [0.3, 0.4) is 0 Å². The molecule has 48 heavy (non-hydrogen) atoms. The zero-order valence-corrected chi connectivity index (χ0v) is 28.8. The number of aliphatic hydroxyl groups excluding tert-OH is 1. The number of Topliss-reactive ketones (excluding diaryl/α,β-unsaturated/α-hetero) is 1. The number of thiocarbonyl (C=S) groups is 1. The summed E-state index contributed by atoms with van der Waals surface area (Å²) in [6, 6.07) is 7.83. The number of rotatable bonds is 15. The maximum atomic E-state index is 13.7. The van der Waals surface area contributed by atoms with Crippen molar-refractivity contribution >= 4 is 64.2 Å². The lowest BCUT2D eigenvalue weighted by molar-refractivity contribution is 0.0650. The van der Waals surface area contributed by atoms with Crippen molar-refractivity contribution in [1.29, 1.82) is 0 Å². The molecule has 1 aromatic heterocycles. The fourth-order valence-electron chi connectivity index (χ4n) is 5.45. The number of aromatic carboxylic acids is 1. The Balaban J connectivity index is 1.51. The Bertz CT molecular complexity index is 1960. The van der Waals surface area contributed by atoms with E-state index in [0.717, 1.165) is 19.3 Å². The Labute approximate surface area is 293 Å². The van der Waals surface area contributed by atoms with Gasteiger partial charge in [0.1, 0.15) is 16.9 Å². The number of hydrogen-bond acceptors (Lipinski definition) is 8. The third-order valence-corrected chi connectivity index (χ3v) is 8.89. The first-order chi connectivity index (χ1) is 22.9. The quantitative estimate of drug-likeness (QED) is 0.0658. The summed E-state index contributed by atoms with van der Waals surface area (Å²) in [4.78, 5) is 38.4. The predicted octanol–water partition coefficient (Wildman–Crippen LogP) is 7.02. The highest BCUT2D eigenvalue weighted by molar-refractivity contribution is 7.81. The second kappa shape index (κ2) is 16.9. The number of ketones is 1. The van der Waals surface area contributed by atoms with E-state index in [1.807, 2.05) is 13.0 Å². The Morgan fingerprint density at radius 2 is 1.90 bits per heavy atom. The van der Waals surface area contributed by atoms with Gasteiger partial charge in [-0.05, 0) is 68.5 Å². The number of carbonyl (C=O) groups excluding carboxylic acids is 1. The number of hydrogen-bond donors (Lipinski definition) is 3. The number of allylic oxidation sites excluding steroid dienone is 3. The lowest BCUT2D eigenvalue weighted by Gasteiger charge is -2.22. The molecule has 0 saturated carbocycles. The van der Waals surface area contributed by atoms with Gasteiger partial charge in [0.25, 0.3) is 0 Å². The van der Waals surface area contributed by atoms with E-state index < -0.39 is 29.2 Å². The number of aromatic hydroxyl groups is 1. The lowest BCUT2D eigenvalue weighted by atomic mass is 9.87. The summed E-state index contributed by atoms with van der Waals surface area (Å²) in [5.74, 6) is -2.82. The normalized spacial score (nSPS) is 14.0. The van der Waals surface area contributed by atoms with Crippen LogP contribution < -0.4 is 20.8 Å². The second-order valence-corrected chi connectivity index (χ2v) is 12.7. The minimum atomic E-state index is -1.46. The molecule has 4 rings (SSSR count). The maximum Gasteiger partial charge on any atom is 0.372 e. The van der Waals surface area contributed by atoms with Crippen LogP contribution in [0.15, 0.2) is 63.8 Å². The molecule has 252 valence electrons. The standard InChI is InChI=1S/C37H36Cl2O8S/c1-3-10-25-30(17-15-24(21(2)40)34(25)42)46-18-9-7-5-4-6-8-11-27(33(41)22-12-16-28(38)29(39)19-22)32-35(43)26-14-13-23(48)20-31(26)47-36(32)37(44)45/h4,6,8,11-12,14-17,19-20,27,33,41-42H,3,5,7,9-10,13,18H2,1-2H3,(H,44,45)/b6-4-,11-8+/t27-,33-/m0/s1. The summed E-state index contributed by atoms with van der Waals surface area (Å²) in [7, 11) is 0. The lowest BCUT2D eigenvalue weighted by Crippen LogP contribution is -2.45. The van der Waals surface area contributed by atoms with Crippen LogP contribution in [-0.4, -0.2) is 38.5 Å². The summed E-state index contributed by atoms with van der Waals surface area (Å²) in [6.45, 7) is 3.82. The van der Waals surface area contributed by atoms with Crippen molar-refractivity contribution in [3.8, 4) is 11.5 Å². The van der Waals surface area contributed by atoms with Gasteiger partial charge >= 0.3 is 5.97 Å². The van der Waals surface area contributed by atoms with E-state index in [1.54, 1.807) is 42.5 Å². The molecule has 0 fully saturated rings. The minimum Gasteiger partial charge on any atom is -0.507 e. The number of phenols is 1. The molecule has 3 N–H and O–H groups in total. The molecule has 0 spiro atoms. The van der Waals surface area contributed by atoms with E-state index in [4.69, 9.17) is 44.6 Å². The fourth-order valence-corrected chi connectivity index (χ4v) is 5.94. The Morgan fingerprint density at radius 1 is 1.12 bits per heavy atom. The maximum absolute atomic E-state index is 13.7. The van der Waals surface area contributed by atoms with Crippen LogP contribution in [0.5, 0.6) is 11.5 Å². The zero-order valence-electron chi connectivity index (χ0n) is 26.5. The molecule has 0 aliphatic heterocycles. The molecule has 11 heteroatoms. The molecule has 1 heterocycles. The van der Waals surface area contributed by atoms with Gasteiger partial charge in [0, 0.05) is 22.8 Å². The summed E-state index contributed by atoms with van der Waals surface area (Å²) in [5.41, 5.74) is 0.537. The molecule has 0 saturated heterocycles. The van der Waals surface area contributed by atoms with E-state index in [-0.39, 0.29) is 43.3 Å². The zero-order chi connectivity index (χ0) is 35.0. The van der Waals surface area contributed by atoms with E-state index in [0.29, 0.717) is 47.6 Å². The van der Waals surface area contributed by atoms with Crippen molar-refractivity contribution in [3.05, 3.63) is 114 Å². The number of phenolic OH excluding ortho intramolecular Hbond substituents is 1. The number of aliphatic hydroxyl groups is 1. The summed E-state index contributed by atoms with van der Waals surface area (Å²) in [5, 5.41) is 32.7. The summed E-state index contributed by atoms with van der Waals surface area (Å²) < 4.78 is 11.6. The number of fused-ring (bicyclic) bond motifs is 1. The molecule has 2 aromatic carbocycles.